The van der Waals surface area contributed by atoms with Crippen molar-refractivity contribution in [2.45, 2.75) is 51.6 Å². The summed E-state index contributed by atoms with van der Waals surface area (Å²) in [5.74, 6) is 0. The van der Waals surface area contributed by atoms with Crippen molar-refractivity contribution in [1.82, 2.24) is 0 Å². The molecule has 0 radical (unpaired) electrons. The lowest BCUT2D eigenvalue weighted by Gasteiger charge is -2.29. The van der Waals surface area contributed by atoms with Gasteiger partial charge in [0.2, 0.25) is 0 Å². The van der Waals surface area contributed by atoms with Crippen molar-refractivity contribution in [1.29, 1.82) is 0 Å². The van der Waals surface area contributed by atoms with Crippen LogP contribution in [-0.2, 0) is 10.3 Å². The van der Waals surface area contributed by atoms with E-state index in [9.17, 15) is 0 Å². The lowest BCUT2D eigenvalue weighted by molar-refractivity contribution is -0.0191. The van der Waals surface area contributed by atoms with Gasteiger partial charge in [0.15, 0.2) is 0 Å². The highest BCUT2D eigenvalue weighted by Crippen LogP contribution is 2.33. The third-order valence-electron chi connectivity index (χ3n) is 3.37. The highest BCUT2D eigenvalue weighted by molar-refractivity contribution is 9.10. The molecule has 1 aromatic carbocycles. The van der Waals surface area contributed by atoms with Crippen LogP contribution in [0.5, 0.6) is 0 Å². The van der Waals surface area contributed by atoms with E-state index in [0.29, 0.717) is 0 Å². The Balaban J connectivity index is 2.49. The largest absolute Gasteiger partial charge is 0.370 e. The smallest absolute Gasteiger partial charge is 0.101 e. The highest BCUT2D eigenvalue weighted by Gasteiger charge is 2.27. The van der Waals surface area contributed by atoms with Crippen molar-refractivity contribution < 1.29 is 4.74 Å². The molecule has 108 valence electrons. The van der Waals surface area contributed by atoms with E-state index >= 15 is 0 Å². The number of alkyl halides is 1. The zero-order chi connectivity index (χ0) is 14.1. The zero-order valence-electron chi connectivity index (χ0n) is 11.9. The second kappa shape index (κ2) is 9.15. The van der Waals surface area contributed by atoms with Gasteiger partial charge in [-0.05, 0) is 25.0 Å². The van der Waals surface area contributed by atoms with Gasteiger partial charge < -0.3 is 4.74 Å². The van der Waals surface area contributed by atoms with Gasteiger partial charge in [0.1, 0.15) is 5.60 Å². The molecule has 0 saturated carbocycles. The van der Waals surface area contributed by atoms with E-state index in [0.717, 1.165) is 22.8 Å². The third-order valence-corrected chi connectivity index (χ3v) is 5.13. The van der Waals surface area contributed by atoms with E-state index in [1.54, 1.807) is 0 Å². The van der Waals surface area contributed by atoms with Gasteiger partial charge in [0.25, 0.3) is 0 Å². The molecule has 0 heterocycles. The van der Waals surface area contributed by atoms with Crippen LogP contribution in [0.2, 0.25) is 0 Å². The number of rotatable bonds is 9. The van der Waals surface area contributed by atoms with E-state index in [1.807, 2.05) is 6.07 Å². The Labute approximate surface area is 134 Å². The number of hydrogen-bond acceptors (Lipinski definition) is 1. The number of benzene rings is 1. The lowest BCUT2D eigenvalue weighted by atomic mass is 9.98. The average Bonchev–Trinajstić information content (AvgIpc) is 2.43. The van der Waals surface area contributed by atoms with E-state index in [-0.39, 0.29) is 5.60 Å². The van der Waals surface area contributed by atoms with Crippen molar-refractivity contribution in [3.63, 3.8) is 0 Å². The third kappa shape index (κ3) is 5.57. The van der Waals surface area contributed by atoms with Gasteiger partial charge in [-0.1, -0.05) is 82.7 Å². The number of halogens is 2. The quantitative estimate of drug-likeness (QED) is 0.368. The Hall–Kier alpha value is 0.140. The number of hydrogen-bond donors (Lipinski definition) is 0. The maximum absolute atomic E-state index is 6.15. The van der Waals surface area contributed by atoms with Gasteiger partial charge in [-0.2, -0.15) is 0 Å². The second-order valence-corrected chi connectivity index (χ2v) is 6.52. The van der Waals surface area contributed by atoms with Crippen molar-refractivity contribution >= 4 is 31.9 Å². The molecule has 0 N–H and O–H groups in total. The molecular weight excluding hydrogens is 368 g/mol. The van der Waals surface area contributed by atoms with Crippen LogP contribution in [0.25, 0.3) is 0 Å². The Morgan fingerprint density at radius 3 is 2.42 bits per heavy atom. The predicted octanol–water partition coefficient (Wildman–Crippen LogP) is 6.05. The number of unbranched alkanes of at least 4 members (excludes halogenated alkanes) is 4. The molecule has 0 spiro atoms. The van der Waals surface area contributed by atoms with E-state index < -0.39 is 0 Å². The fourth-order valence-corrected chi connectivity index (χ4v) is 3.25. The molecule has 19 heavy (non-hydrogen) atoms. The summed E-state index contributed by atoms with van der Waals surface area (Å²) in [5.41, 5.74) is 0.950. The van der Waals surface area contributed by atoms with E-state index in [4.69, 9.17) is 4.74 Å². The molecule has 1 unspecified atom stereocenters. The summed E-state index contributed by atoms with van der Waals surface area (Å²) in [6.07, 6.45) is 6.35. The first-order valence-electron chi connectivity index (χ1n) is 7.09. The van der Waals surface area contributed by atoms with E-state index in [2.05, 4.69) is 63.9 Å². The maximum Gasteiger partial charge on any atom is 0.101 e. The standard InChI is InChI=1S/C16H24Br2O/c1-3-4-5-6-9-12-19-16(2,13-17)14-10-7-8-11-15(14)18/h7-8,10-11H,3-6,9,12-13H2,1-2H3. The second-order valence-electron chi connectivity index (χ2n) is 5.11. The normalized spacial score (nSPS) is 14.3. The average molecular weight is 392 g/mol. The van der Waals surface area contributed by atoms with Crippen LogP contribution in [0.15, 0.2) is 28.7 Å². The van der Waals surface area contributed by atoms with Gasteiger partial charge in [0, 0.05) is 16.4 Å². The first-order valence-corrected chi connectivity index (χ1v) is 9.00. The van der Waals surface area contributed by atoms with Gasteiger partial charge in [0.05, 0.1) is 0 Å². The van der Waals surface area contributed by atoms with Crippen molar-refractivity contribution in [2.75, 3.05) is 11.9 Å². The molecule has 3 heteroatoms. The molecule has 0 fully saturated rings. The fraction of sp³-hybridized carbons (Fsp3) is 0.625. The first kappa shape index (κ1) is 17.2. The van der Waals surface area contributed by atoms with Crippen molar-refractivity contribution in [2.24, 2.45) is 0 Å². The van der Waals surface area contributed by atoms with Gasteiger partial charge in [-0.3, -0.25) is 0 Å². The minimum Gasteiger partial charge on any atom is -0.370 e. The summed E-state index contributed by atoms with van der Waals surface area (Å²) < 4.78 is 7.26. The van der Waals surface area contributed by atoms with Crippen LogP contribution >= 0.6 is 31.9 Å². The number of ether oxygens (including phenoxy) is 1. The molecule has 1 atom stereocenters. The lowest BCUT2D eigenvalue weighted by Crippen LogP contribution is -2.28. The van der Waals surface area contributed by atoms with Crippen LogP contribution in [0, 0.1) is 0 Å². The molecule has 0 aromatic heterocycles. The molecule has 1 nitrogen and oxygen atoms in total. The Bertz CT molecular complexity index is 368. The molecular formula is C16H24Br2O. The molecule has 0 amide bonds. The minimum atomic E-state index is -0.259. The first-order chi connectivity index (χ1) is 9.14. The molecule has 1 aromatic rings. The summed E-state index contributed by atoms with van der Waals surface area (Å²) in [4.78, 5) is 0. The topological polar surface area (TPSA) is 9.23 Å². The van der Waals surface area contributed by atoms with Crippen LogP contribution < -0.4 is 0 Å². The zero-order valence-corrected chi connectivity index (χ0v) is 15.1. The summed E-state index contributed by atoms with van der Waals surface area (Å²) in [5, 5.41) is 0.803. The summed E-state index contributed by atoms with van der Waals surface area (Å²) in [6.45, 7) is 5.21. The summed E-state index contributed by atoms with van der Waals surface area (Å²) >= 11 is 7.21. The van der Waals surface area contributed by atoms with Crippen molar-refractivity contribution in [3.8, 4) is 0 Å². The molecule has 0 aliphatic heterocycles. The van der Waals surface area contributed by atoms with Gasteiger partial charge in [-0.15, -0.1) is 0 Å². The molecule has 1 rings (SSSR count). The van der Waals surface area contributed by atoms with Crippen LogP contribution in [0.4, 0.5) is 0 Å². The Morgan fingerprint density at radius 2 is 1.79 bits per heavy atom. The van der Waals surface area contributed by atoms with Gasteiger partial charge >= 0.3 is 0 Å². The fourth-order valence-electron chi connectivity index (χ4n) is 2.08. The van der Waals surface area contributed by atoms with Crippen LogP contribution in [0.1, 0.15) is 51.5 Å². The Kier molecular flexibility index (Phi) is 8.27. The SMILES string of the molecule is CCCCCCCOC(C)(CBr)c1ccccc1Br. The molecule has 0 saturated heterocycles. The Morgan fingerprint density at radius 1 is 1.11 bits per heavy atom. The monoisotopic (exact) mass is 390 g/mol. The molecule has 0 bridgehead atoms. The van der Waals surface area contributed by atoms with Crippen molar-refractivity contribution in [3.05, 3.63) is 34.3 Å². The van der Waals surface area contributed by atoms with Crippen LogP contribution in [0.3, 0.4) is 0 Å². The maximum atomic E-state index is 6.15. The summed E-state index contributed by atoms with van der Waals surface area (Å²) in [7, 11) is 0. The van der Waals surface area contributed by atoms with Gasteiger partial charge in [-0.25, -0.2) is 0 Å². The highest BCUT2D eigenvalue weighted by atomic mass is 79.9. The van der Waals surface area contributed by atoms with Crippen LogP contribution in [-0.4, -0.2) is 11.9 Å². The predicted molar refractivity (Wildman–Crippen MR) is 90.0 cm³/mol. The molecule has 0 aliphatic rings. The molecule has 0 aliphatic carbocycles. The van der Waals surface area contributed by atoms with E-state index in [1.165, 1.54) is 31.2 Å². The summed E-state index contributed by atoms with van der Waals surface area (Å²) in [6, 6.07) is 8.29. The minimum absolute atomic E-state index is 0.259.